The molecular formula is C19H25N3O3S2. The van der Waals surface area contributed by atoms with Crippen LogP contribution in [0.25, 0.3) is 0 Å². The second-order valence-electron chi connectivity index (χ2n) is 6.67. The molecule has 1 aliphatic heterocycles. The fourth-order valence-corrected chi connectivity index (χ4v) is 5.58. The third kappa shape index (κ3) is 4.56. The first-order chi connectivity index (χ1) is 12.9. The van der Waals surface area contributed by atoms with Crippen LogP contribution in [-0.2, 0) is 27.7 Å². The maximum Gasteiger partial charge on any atom is 0.243 e. The Morgan fingerprint density at radius 1 is 1.33 bits per heavy atom. The molecule has 1 aromatic carbocycles. The molecule has 1 fully saturated rings. The van der Waals surface area contributed by atoms with Crippen LogP contribution in [0.15, 0.2) is 34.5 Å². The molecule has 27 heavy (non-hydrogen) atoms. The van der Waals surface area contributed by atoms with E-state index in [9.17, 15) is 13.2 Å². The third-order valence-electron chi connectivity index (χ3n) is 4.79. The van der Waals surface area contributed by atoms with Gasteiger partial charge in [0, 0.05) is 24.9 Å². The van der Waals surface area contributed by atoms with E-state index in [1.54, 1.807) is 23.5 Å². The fourth-order valence-electron chi connectivity index (χ4n) is 3.28. The number of aryl methyl sites for hydroxylation is 2. The molecule has 1 N–H and O–H groups in total. The van der Waals surface area contributed by atoms with Crippen molar-refractivity contribution in [3.05, 3.63) is 45.9 Å². The summed E-state index contributed by atoms with van der Waals surface area (Å²) in [6.45, 7) is 4.80. The molecule has 1 amide bonds. The maximum atomic E-state index is 13.0. The van der Waals surface area contributed by atoms with Gasteiger partial charge in [-0.05, 0) is 43.9 Å². The number of carbonyl (C=O) groups excluding carboxylic acids is 1. The van der Waals surface area contributed by atoms with Crippen LogP contribution < -0.4 is 5.32 Å². The molecule has 6 nitrogen and oxygen atoms in total. The molecule has 8 heteroatoms. The number of amides is 1. The standard InChI is InChI=1S/C19H25N3O3S2/c1-3-15-6-8-17(9-7-15)27(24,25)22-12-4-5-18(22)19(23)20-11-10-16-13-26-14(2)21-16/h6-9,13,18H,3-5,10-12H2,1-2H3,(H,20,23). The molecular weight excluding hydrogens is 382 g/mol. The quantitative estimate of drug-likeness (QED) is 0.765. The van der Waals surface area contributed by atoms with E-state index in [2.05, 4.69) is 10.3 Å². The Kier molecular flexibility index (Phi) is 6.29. The van der Waals surface area contributed by atoms with Gasteiger partial charge in [-0.25, -0.2) is 13.4 Å². The number of carbonyl (C=O) groups is 1. The summed E-state index contributed by atoms with van der Waals surface area (Å²) < 4.78 is 27.3. The molecule has 2 aromatic rings. The zero-order chi connectivity index (χ0) is 19.4. The minimum Gasteiger partial charge on any atom is -0.354 e. The van der Waals surface area contributed by atoms with Crippen molar-refractivity contribution in [3.63, 3.8) is 0 Å². The molecule has 1 aromatic heterocycles. The Morgan fingerprint density at radius 2 is 2.07 bits per heavy atom. The molecule has 1 saturated heterocycles. The van der Waals surface area contributed by atoms with Gasteiger partial charge < -0.3 is 5.32 Å². The van der Waals surface area contributed by atoms with Crippen LogP contribution in [0, 0.1) is 6.92 Å². The van der Waals surface area contributed by atoms with Crippen LogP contribution in [0.2, 0.25) is 0 Å². The SMILES string of the molecule is CCc1ccc(S(=O)(=O)N2CCCC2C(=O)NCCc2csc(C)n2)cc1. The fraction of sp³-hybridized carbons (Fsp3) is 0.474. The van der Waals surface area contributed by atoms with E-state index >= 15 is 0 Å². The molecule has 0 radical (unpaired) electrons. The van der Waals surface area contributed by atoms with Crippen molar-refractivity contribution < 1.29 is 13.2 Å². The Hall–Kier alpha value is -1.77. The number of rotatable bonds is 7. The highest BCUT2D eigenvalue weighted by Gasteiger charge is 2.39. The van der Waals surface area contributed by atoms with Gasteiger partial charge in [0.15, 0.2) is 0 Å². The Bertz CT molecular complexity index is 891. The first kappa shape index (κ1) is 20.0. The highest BCUT2D eigenvalue weighted by molar-refractivity contribution is 7.89. The summed E-state index contributed by atoms with van der Waals surface area (Å²) in [6, 6.07) is 6.28. The molecule has 1 aliphatic rings. The minimum absolute atomic E-state index is 0.229. The van der Waals surface area contributed by atoms with E-state index in [0.29, 0.717) is 32.4 Å². The van der Waals surface area contributed by atoms with Gasteiger partial charge in [-0.1, -0.05) is 19.1 Å². The summed E-state index contributed by atoms with van der Waals surface area (Å²) in [5, 5.41) is 5.85. The van der Waals surface area contributed by atoms with Gasteiger partial charge in [-0.3, -0.25) is 4.79 Å². The first-order valence-electron chi connectivity index (χ1n) is 9.21. The first-order valence-corrected chi connectivity index (χ1v) is 11.5. The monoisotopic (exact) mass is 407 g/mol. The number of hydrogen-bond donors (Lipinski definition) is 1. The van der Waals surface area contributed by atoms with Crippen molar-refractivity contribution in [2.75, 3.05) is 13.1 Å². The van der Waals surface area contributed by atoms with E-state index in [-0.39, 0.29) is 10.8 Å². The molecule has 3 rings (SSSR count). The summed E-state index contributed by atoms with van der Waals surface area (Å²) >= 11 is 1.58. The van der Waals surface area contributed by atoms with E-state index in [4.69, 9.17) is 0 Å². The van der Waals surface area contributed by atoms with Crippen molar-refractivity contribution in [1.29, 1.82) is 0 Å². The van der Waals surface area contributed by atoms with Crippen LogP contribution in [0.1, 0.15) is 36.0 Å². The molecule has 2 heterocycles. The number of sulfonamides is 1. The Balaban J connectivity index is 1.65. The molecule has 0 aliphatic carbocycles. The third-order valence-corrected chi connectivity index (χ3v) is 7.54. The lowest BCUT2D eigenvalue weighted by Gasteiger charge is -2.23. The number of hydrogen-bond acceptors (Lipinski definition) is 5. The average molecular weight is 408 g/mol. The largest absolute Gasteiger partial charge is 0.354 e. The van der Waals surface area contributed by atoms with E-state index in [0.717, 1.165) is 22.7 Å². The molecule has 0 saturated carbocycles. The molecule has 1 atom stereocenters. The van der Waals surface area contributed by atoms with Gasteiger partial charge in [-0.15, -0.1) is 11.3 Å². The van der Waals surface area contributed by atoms with Crippen molar-refractivity contribution in [2.24, 2.45) is 0 Å². The summed E-state index contributed by atoms with van der Waals surface area (Å²) in [5.41, 5.74) is 2.03. The summed E-state index contributed by atoms with van der Waals surface area (Å²) in [5.74, 6) is -0.229. The van der Waals surface area contributed by atoms with Crippen molar-refractivity contribution >= 4 is 27.3 Å². The van der Waals surface area contributed by atoms with Gasteiger partial charge in [0.2, 0.25) is 15.9 Å². The van der Waals surface area contributed by atoms with Gasteiger partial charge in [-0.2, -0.15) is 4.31 Å². The Labute approximate surface area is 164 Å². The van der Waals surface area contributed by atoms with E-state index in [1.165, 1.54) is 4.31 Å². The normalized spacial score (nSPS) is 17.9. The zero-order valence-electron chi connectivity index (χ0n) is 15.6. The van der Waals surface area contributed by atoms with E-state index < -0.39 is 16.1 Å². The topological polar surface area (TPSA) is 79.4 Å². The van der Waals surface area contributed by atoms with Gasteiger partial charge in [0.1, 0.15) is 6.04 Å². The highest BCUT2D eigenvalue weighted by atomic mass is 32.2. The van der Waals surface area contributed by atoms with Crippen LogP contribution in [0.5, 0.6) is 0 Å². The van der Waals surface area contributed by atoms with Gasteiger partial charge >= 0.3 is 0 Å². The molecule has 0 bridgehead atoms. The second kappa shape index (κ2) is 8.50. The van der Waals surface area contributed by atoms with Gasteiger partial charge in [0.25, 0.3) is 0 Å². The average Bonchev–Trinajstić information content (AvgIpc) is 3.31. The lowest BCUT2D eigenvalue weighted by Crippen LogP contribution is -2.46. The minimum atomic E-state index is -3.67. The van der Waals surface area contributed by atoms with Gasteiger partial charge in [0.05, 0.1) is 15.6 Å². The second-order valence-corrected chi connectivity index (χ2v) is 9.62. The number of benzene rings is 1. The number of aromatic nitrogens is 1. The van der Waals surface area contributed by atoms with Crippen molar-refractivity contribution in [2.45, 2.75) is 50.5 Å². The summed E-state index contributed by atoms with van der Waals surface area (Å²) in [6.07, 6.45) is 2.74. The molecule has 1 unspecified atom stereocenters. The number of thiazole rings is 1. The lowest BCUT2D eigenvalue weighted by atomic mass is 10.2. The summed E-state index contributed by atoms with van der Waals surface area (Å²) in [7, 11) is -3.67. The van der Waals surface area contributed by atoms with Crippen LogP contribution in [-0.4, -0.2) is 42.7 Å². The number of nitrogens with zero attached hydrogens (tertiary/aromatic N) is 2. The smallest absolute Gasteiger partial charge is 0.243 e. The van der Waals surface area contributed by atoms with Crippen LogP contribution >= 0.6 is 11.3 Å². The zero-order valence-corrected chi connectivity index (χ0v) is 17.3. The predicted octanol–water partition coefficient (Wildman–Crippen LogP) is 2.53. The number of nitrogens with one attached hydrogen (secondary N) is 1. The predicted molar refractivity (Wildman–Crippen MR) is 106 cm³/mol. The van der Waals surface area contributed by atoms with Crippen LogP contribution in [0.3, 0.4) is 0 Å². The molecule has 146 valence electrons. The Morgan fingerprint density at radius 3 is 2.70 bits per heavy atom. The van der Waals surface area contributed by atoms with Crippen LogP contribution in [0.4, 0.5) is 0 Å². The van der Waals surface area contributed by atoms with Crippen molar-refractivity contribution in [3.8, 4) is 0 Å². The molecule has 0 spiro atoms. The lowest BCUT2D eigenvalue weighted by molar-refractivity contribution is -0.124. The van der Waals surface area contributed by atoms with E-state index in [1.807, 2.05) is 31.4 Å². The van der Waals surface area contributed by atoms with Crippen molar-refractivity contribution in [1.82, 2.24) is 14.6 Å². The highest BCUT2D eigenvalue weighted by Crippen LogP contribution is 2.26. The summed E-state index contributed by atoms with van der Waals surface area (Å²) in [4.78, 5) is 17.2. The maximum absolute atomic E-state index is 13.0.